The van der Waals surface area contributed by atoms with Gasteiger partial charge in [0.2, 0.25) is 0 Å². The van der Waals surface area contributed by atoms with Crippen molar-refractivity contribution < 1.29 is 14.3 Å². The van der Waals surface area contributed by atoms with E-state index in [1.807, 2.05) is 78.9 Å². The van der Waals surface area contributed by atoms with Crippen LogP contribution in [0, 0.1) is 0 Å². The van der Waals surface area contributed by atoms with Crippen molar-refractivity contribution in [2.24, 2.45) is 0 Å². The van der Waals surface area contributed by atoms with Gasteiger partial charge in [-0.2, -0.15) is 5.10 Å². The Morgan fingerprint density at radius 1 is 0.938 bits per heavy atom. The van der Waals surface area contributed by atoms with Crippen LogP contribution in [0.15, 0.2) is 85.1 Å². The Morgan fingerprint density at radius 2 is 1.66 bits per heavy atom. The Bertz CT molecular complexity index is 1190. The highest BCUT2D eigenvalue weighted by Crippen LogP contribution is 2.35. The van der Waals surface area contributed by atoms with E-state index in [0.29, 0.717) is 34.9 Å². The molecule has 0 unspecified atom stereocenters. The third-order valence-electron chi connectivity index (χ3n) is 5.18. The van der Waals surface area contributed by atoms with Gasteiger partial charge in [0, 0.05) is 18.3 Å². The molecular weight excluding hydrogens is 402 g/mol. The van der Waals surface area contributed by atoms with Crippen LogP contribution in [0.5, 0.6) is 11.5 Å². The van der Waals surface area contributed by atoms with Crippen LogP contribution in [-0.4, -0.2) is 36.5 Å². The van der Waals surface area contributed by atoms with Crippen LogP contribution in [0.25, 0.3) is 16.9 Å². The summed E-state index contributed by atoms with van der Waals surface area (Å²) in [6.07, 6.45) is 2.50. The molecule has 32 heavy (non-hydrogen) atoms. The Labute approximate surface area is 187 Å². The lowest BCUT2D eigenvalue weighted by Gasteiger charge is -2.10. The number of aromatic nitrogens is 2. The quantitative estimate of drug-likeness (QED) is 0.449. The first kappa shape index (κ1) is 21.2. The molecule has 1 heterocycles. The number of amides is 1. The highest BCUT2D eigenvalue weighted by molar-refractivity contribution is 6.00. The molecule has 4 aromatic rings. The first-order chi connectivity index (χ1) is 15.7. The first-order valence-corrected chi connectivity index (χ1v) is 10.4. The summed E-state index contributed by atoms with van der Waals surface area (Å²) in [5, 5.41) is 7.77. The van der Waals surface area contributed by atoms with Gasteiger partial charge >= 0.3 is 0 Å². The summed E-state index contributed by atoms with van der Waals surface area (Å²) in [4.78, 5) is 13.2. The predicted molar refractivity (Wildman–Crippen MR) is 125 cm³/mol. The van der Waals surface area contributed by atoms with E-state index in [1.165, 1.54) is 5.56 Å². The van der Waals surface area contributed by atoms with E-state index in [0.717, 1.165) is 12.1 Å². The third-order valence-corrected chi connectivity index (χ3v) is 5.18. The van der Waals surface area contributed by atoms with Crippen molar-refractivity contribution in [3.63, 3.8) is 0 Å². The van der Waals surface area contributed by atoms with E-state index in [9.17, 15) is 4.79 Å². The number of hydrogen-bond acceptors (Lipinski definition) is 4. The Kier molecular flexibility index (Phi) is 6.51. The second kappa shape index (κ2) is 9.83. The number of nitrogens with zero attached hydrogens (tertiary/aromatic N) is 2. The van der Waals surface area contributed by atoms with Crippen LogP contribution in [-0.2, 0) is 6.42 Å². The Balaban J connectivity index is 1.69. The molecule has 3 aromatic carbocycles. The minimum absolute atomic E-state index is 0.192. The van der Waals surface area contributed by atoms with Gasteiger partial charge in [0.15, 0.2) is 0 Å². The van der Waals surface area contributed by atoms with E-state index in [1.54, 1.807) is 25.1 Å². The molecule has 162 valence electrons. The molecule has 0 atom stereocenters. The van der Waals surface area contributed by atoms with E-state index in [4.69, 9.17) is 14.6 Å². The maximum atomic E-state index is 13.2. The summed E-state index contributed by atoms with van der Waals surface area (Å²) >= 11 is 0. The second-order valence-electron chi connectivity index (χ2n) is 7.23. The van der Waals surface area contributed by atoms with Crippen LogP contribution < -0.4 is 14.8 Å². The zero-order valence-electron chi connectivity index (χ0n) is 18.1. The minimum atomic E-state index is -0.192. The number of rotatable bonds is 8. The van der Waals surface area contributed by atoms with Gasteiger partial charge in [-0.25, -0.2) is 4.68 Å². The Hall–Kier alpha value is -4.06. The number of carbonyl (C=O) groups is 1. The van der Waals surface area contributed by atoms with Crippen molar-refractivity contribution in [1.29, 1.82) is 0 Å². The van der Waals surface area contributed by atoms with Crippen molar-refractivity contribution in [2.45, 2.75) is 6.42 Å². The predicted octanol–water partition coefficient (Wildman–Crippen LogP) is 4.53. The van der Waals surface area contributed by atoms with Gasteiger partial charge in [-0.05, 0) is 42.3 Å². The molecule has 6 nitrogen and oxygen atoms in total. The molecule has 0 saturated heterocycles. The number of nitrogens with one attached hydrogen (secondary N) is 1. The SMILES string of the molecule is COc1ccc(OC)c(-c2nn(-c3ccccc3)cc2C(=O)NCCc2ccccc2)c1. The lowest BCUT2D eigenvalue weighted by molar-refractivity contribution is 0.0954. The average Bonchev–Trinajstić information content (AvgIpc) is 3.30. The standard InChI is InChI=1S/C26H25N3O3/c1-31-21-13-14-24(32-2)22(17-21)25-23(18-29(28-25)20-11-7-4-8-12-20)26(30)27-16-15-19-9-5-3-6-10-19/h3-14,17-18H,15-16H2,1-2H3,(H,27,30). The molecule has 0 aliphatic carbocycles. The normalized spacial score (nSPS) is 10.6. The molecule has 1 N–H and O–H groups in total. The van der Waals surface area contributed by atoms with E-state index >= 15 is 0 Å². The van der Waals surface area contributed by atoms with Crippen LogP contribution in [0.3, 0.4) is 0 Å². The number of benzene rings is 3. The summed E-state index contributed by atoms with van der Waals surface area (Å²) in [5.74, 6) is 1.08. The van der Waals surface area contributed by atoms with Crippen molar-refractivity contribution in [3.05, 3.63) is 96.2 Å². The largest absolute Gasteiger partial charge is 0.497 e. The maximum absolute atomic E-state index is 13.2. The van der Waals surface area contributed by atoms with Crippen molar-refractivity contribution >= 4 is 5.91 Å². The fourth-order valence-electron chi connectivity index (χ4n) is 3.51. The lowest BCUT2D eigenvalue weighted by atomic mass is 10.1. The third kappa shape index (κ3) is 4.64. The number of para-hydroxylation sites is 1. The highest BCUT2D eigenvalue weighted by Gasteiger charge is 2.21. The van der Waals surface area contributed by atoms with Gasteiger partial charge in [-0.15, -0.1) is 0 Å². The summed E-state index contributed by atoms with van der Waals surface area (Å²) in [6, 6.07) is 25.2. The number of hydrogen-bond donors (Lipinski definition) is 1. The van der Waals surface area contributed by atoms with Crippen molar-refractivity contribution in [3.8, 4) is 28.4 Å². The van der Waals surface area contributed by atoms with Crippen LogP contribution in [0.2, 0.25) is 0 Å². The smallest absolute Gasteiger partial charge is 0.255 e. The number of ether oxygens (including phenoxy) is 2. The summed E-state index contributed by atoms with van der Waals surface area (Å²) in [6.45, 7) is 0.522. The van der Waals surface area contributed by atoms with Gasteiger partial charge in [0.1, 0.15) is 17.2 Å². The monoisotopic (exact) mass is 427 g/mol. The first-order valence-electron chi connectivity index (χ1n) is 10.4. The molecule has 0 bridgehead atoms. The fourth-order valence-corrected chi connectivity index (χ4v) is 3.51. The summed E-state index contributed by atoms with van der Waals surface area (Å²) < 4.78 is 12.7. The van der Waals surface area contributed by atoms with Crippen molar-refractivity contribution in [1.82, 2.24) is 15.1 Å². The maximum Gasteiger partial charge on any atom is 0.255 e. The zero-order valence-corrected chi connectivity index (χ0v) is 18.1. The molecule has 0 spiro atoms. The molecule has 1 aromatic heterocycles. The lowest BCUT2D eigenvalue weighted by Crippen LogP contribution is -2.25. The van der Waals surface area contributed by atoms with Gasteiger partial charge in [0.05, 0.1) is 25.5 Å². The highest BCUT2D eigenvalue weighted by atomic mass is 16.5. The molecule has 6 heteroatoms. The molecule has 4 rings (SSSR count). The zero-order chi connectivity index (χ0) is 22.3. The van der Waals surface area contributed by atoms with Crippen molar-refractivity contribution in [2.75, 3.05) is 20.8 Å². The molecular formula is C26H25N3O3. The van der Waals surface area contributed by atoms with E-state index in [2.05, 4.69) is 5.32 Å². The topological polar surface area (TPSA) is 65.4 Å². The number of carbonyl (C=O) groups excluding carboxylic acids is 1. The molecule has 0 fully saturated rings. The fraction of sp³-hybridized carbons (Fsp3) is 0.154. The van der Waals surface area contributed by atoms with E-state index in [-0.39, 0.29) is 5.91 Å². The van der Waals surface area contributed by atoms with Gasteiger partial charge < -0.3 is 14.8 Å². The molecule has 0 aliphatic rings. The second-order valence-corrected chi connectivity index (χ2v) is 7.23. The minimum Gasteiger partial charge on any atom is -0.497 e. The molecule has 0 radical (unpaired) electrons. The van der Waals surface area contributed by atoms with Gasteiger partial charge in [-0.3, -0.25) is 4.79 Å². The molecule has 0 saturated carbocycles. The van der Waals surface area contributed by atoms with Crippen LogP contribution in [0.4, 0.5) is 0 Å². The van der Waals surface area contributed by atoms with E-state index < -0.39 is 0 Å². The van der Waals surface area contributed by atoms with Gasteiger partial charge in [-0.1, -0.05) is 48.5 Å². The summed E-state index contributed by atoms with van der Waals surface area (Å²) in [5.41, 5.74) is 3.71. The Morgan fingerprint density at radius 3 is 2.34 bits per heavy atom. The molecule has 0 aliphatic heterocycles. The summed E-state index contributed by atoms with van der Waals surface area (Å²) in [7, 11) is 3.20. The van der Waals surface area contributed by atoms with Crippen LogP contribution in [0.1, 0.15) is 15.9 Å². The van der Waals surface area contributed by atoms with Crippen LogP contribution >= 0.6 is 0 Å². The molecule has 1 amide bonds. The number of methoxy groups -OCH3 is 2. The average molecular weight is 428 g/mol. The van der Waals surface area contributed by atoms with Gasteiger partial charge in [0.25, 0.3) is 5.91 Å².